The second-order valence-corrected chi connectivity index (χ2v) is 9.09. The zero-order valence-electron chi connectivity index (χ0n) is 19.5. The van der Waals surface area contributed by atoms with Gasteiger partial charge in [0.1, 0.15) is 17.6 Å². The van der Waals surface area contributed by atoms with E-state index < -0.39 is 35.2 Å². The summed E-state index contributed by atoms with van der Waals surface area (Å²) in [4.78, 5) is 27.6. The van der Waals surface area contributed by atoms with Gasteiger partial charge in [-0.25, -0.2) is 0 Å². The Morgan fingerprint density at radius 3 is 2.50 bits per heavy atom. The van der Waals surface area contributed by atoms with Crippen molar-refractivity contribution in [1.82, 2.24) is 0 Å². The number of alkyl halides is 3. The predicted octanol–water partition coefficient (Wildman–Crippen LogP) is 5.96. The summed E-state index contributed by atoms with van der Waals surface area (Å²) in [7, 11) is 0. The fourth-order valence-electron chi connectivity index (χ4n) is 4.81. The van der Waals surface area contributed by atoms with Crippen molar-refractivity contribution in [3.05, 3.63) is 100 Å². The number of benzene rings is 3. The topological polar surface area (TPSA) is 66.8 Å². The number of aryl methyl sites for hydroxylation is 1. The lowest BCUT2D eigenvalue weighted by Crippen LogP contribution is -2.29. The summed E-state index contributed by atoms with van der Waals surface area (Å²) in [6.45, 7) is 3.74. The average molecular weight is 493 g/mol. The third kappa shape index (κ3) is 4.02. The van der Waals surface area contributed by atoms with E-state index in [0.29, 0.717) is 23.3 Å². The molecule has 0 aromatic heterocycles. The molecule has 36 heavy (non-hydrogen) atoms. The van der Waals surface area contributed by atoms with Crippen LogP contribution >= 0.6 is 0 Å². The largest absolute Gasteiger partial charge is 0.507 e. The molecule has 3 aromatic carbocycles. The van der Waals surface area contributed by atoms with E-state index in [1.54, 1.807) is 36.4 Å². The molecular formula is C28H22F3NO4. The van der Waals surface area contributed by atoms with Gasteiger partial charge in [0.2, 0.25) is 0 Å². The van der Waals surface area contributed by atoms with E-state index >= 15 is 0 Å². The number of nitrogens with zero attached hydrogens (tertiary/aromatic N) is 1. The fraction of sp³-hybridized carbons (Fsp3) is 0.214. The maximum Gasteiger partial charge on any atom is 0.416 e. The van der Waals surface area contributed by atoms with Crippen molar-refractivity contribution < 1.29 is 32.6 Å². The molecule has 2 aliphatic heterocycles. The average Bonchev–Trinajstić information content (AvgIpc) is 3.33. The zero-order valence-corrected chi connectivity index (χ0v) is 19.5. The van der Waals surface area contributed by atoms with E-state index in [1.165, 1.54) is 12.1 Å². The van der Waals surface area contributed by atoms with Crippen LogP contribution in [0.4, 0.5) is 18.9 Å². The van der Waals surface area contributed by atoms with Gasteiger partial charge in [-0.05, 0) is 61.4 Å². The molecule has 2 heterocycles. The number of anilines is 1. The lowest BCUT2D eigenvalue weighted by molar-refractivity contribution is -0.137. The number of aliphatic hydroxyl groups excluding tert-OH is 1. The number of amides is 1. The van der Waals surface area contributed by atoms with Gasteiger partial charge in [-0.15, -0.1) is 0 Å². The number of fused-ring (bicyclic) bond motifs is 1. The lowest BCUT2D eigenvalue weighted by atomic mass is 9.93. The normalized spacial score (nSPS) is 21.0. The summed E-state index contributed by atoms with van der Waals surface area (Å²) in [6.07, 6.45) is -4.04. The molecule has 5 rings (SSSR count). The number of rotatable bonds is 3. The minimum atomic E-state index is -4.63. The summed E-state index contributed by atoms with van der Waals surface area (Å²) in [5.74, 6) is -1.70. The molecule has 0 saturated carbocycles. The zero-order chi connectivity index (χ0) is 25.8. The first-order chi connectivity index (χ1) is 17.0. The van der Waals surface area contributed by atoms with Crippen molar-refractivity contribution >= 4 is 23.1 Å². The first kappa shape index (κ1) is 23.7. The van der Waals surface area contributed by atoms with Gasteiger partial charge in [0.15, 0.2) is 0 Å². The van der Waals surface area contributed by atoms with Crippen molar-refractivity contribution in [1.29, 1.82) is 0 Å². The van der Waals surface area contributed by atoms with Crippen LogP contribution in [0.5, 0.6) is 5.75 Å². The van der Waals surface area contributed by atoms with E-state index in [-0.39, 0.29) is 17.4 Å². The number of halogens is 3. The van der Waals surface area contributed by atoms with E-state index in [1.807, 2.05) is 19.9 Å². The molecule has 2 unspecified atom stereocenters. The number of carbonyl (C=O) groups is 2. The van der Waals surface area contributed by atoms with Gasteiger partial charge >= 0.3 is 6.18 Å². The van der Waals surface area contributed by atoms with Crippen LogP contribution in [0.2, 0.25) is 0 Å². The second-order valence-electron chi connectivity index (χ2n) is 9.09. The van der Waals surface area contributed by atoms with E-state index in [9.17, 15) is 27.9 Å². The molecule has 1 saturated heterocycles. The standard InChI is InChI=1S/C28H22F3NO4/c1-15-5-3-6-17(11-15)24-23(25(33)18-9-10-22-19(13-18)12-16(2)36-22)26(34)27(35)32(24)21-8-4-7-20(14-21)28(29,30)31/h3-11,13-14,16,24,33H,12H2,1-2H3/b25-23-. The van der Waals surface area contributed by atoms with Gasteiger partial charge in [0.05, 0.1) is 17.2 Å². The van der Waals surface area contributed by atoms with Crippen LogP contribution in [-0.2, 0) is 22.2 Å². The van der Waals surface area contributed by atoms with Crippen molar-refractivity contribution in [2.45, 2.75) is 38.6 Å². The highest BCUT2D eigenvalue weighted by molar-refractivity contribution is 6.51. The van der Waals surface area contributed by atoms with Crippen LogP contribution in [0.3, 0.4) is 0 Å². The molecule has 0 radical (unpaired) electrons. The first-order valence-corrected chi connectivity index (χ1v) is 11.4. The first-order valence-electron chi connectivity index (χ1n) is 11.4. The monoisotopic (exact) mass is 493 g/mol. The molecule has 1 amide bonds. The van der Waals surface area contributed by atoms with Crippen LogP contribution in [-0.4, -0.2) is 22.9 Å². The molecule has 1 N–H and O–H groups in total. The van der Waals surface area contributed by atoms with Crippen LogP contribution in [0.25, 0.3) is 5.76 Å². The summed E-state index contributed by atoms with van der Waals surface area (Å²) in [5, 5.41) is 11.3. The molecule has 2 aliphatic rings. The van der Waals surface area contributed by atoms with Crippen molar-refractivity contribution in [2.24, 2.45) is 0 Å². The van der Waals surface area contributed by atoms with Crippen molar-refractivity contribution in [3.8, 4) is 5.75 Å². The summed E-state index contributed by atoms with van der Waals surface area (Å²) in [6, 6.07) is 15.1. The van der Waals surface area contributed by atoms with Gasteiger partial charge in [-0.1, -0.05) is 35.9 Å². The number of hydrogen-bond donors (Lipinski definition) is 1. The molecule has 0 aliphatic carbocycles. The van der Waals surface area contributed by atoms with Gasteiger partial charge in [0.25, 0.3) is 11.7 Å². The Labute approximate surface area is 205 Å². The third-order valence-corrected chi connectivity index (χ3v) is 6.42. The molecule has 5 nitrogen and oxygen atoms in total. The number of ketones is 1. The SMILES string of the molecule is Cc1cccc(C2/C(=C(/O)c3ccc4c(c3)CC(C)O4)C(=O)C(=O)N2c2cccc(C(F)(F)F)c2)c1. The summed E-state index contributed by atoms with van der Waals surface area (Å²) < 4.78 is 46.0. The maximum atomic E-state index is 13.4. The maximum absolute atomic E-state index is 13.4. The molecule has 3 aromatic rings. The highest BCUT2D eigenvalue weighted by atomic mass is 19.4. The molecule has 1 fully saturated rings. The lowest BCUT2D eigenvalue weighted by Gasteiger charge is -2.26. The highest BCUT2D eigenvalue weighted by Gasteiger charge is 2.47. The van der Waals surface area contributed by atoms with Crippen LogP contribution < -0.4 is 9.64 Å². The van der Waals surface area contributed by atoms with E-state index in [2.05, 4.69) is 0 Å². The molecule has 8 heteroatoms. The van der Waals surface area contributed by atoms with Crippen molar-refractivity contribution in [2.75, 3.05) is 4.90 Å². The molecule has 2 atom stereocenters. The number of Topliss-reactive ketones (excluding diaryl/α,β-unsaturated/α-hetero) is 1. The van der Waals surface area contributed by atoms with Gasteiger partial charge in [0, 0.05) is 17.7 Å². The van der Waals surface area contributed by atoms with E-state index in [0.717, 1.165) is 28.2 Å². The van der Waals surface area contributed by atoms with E-state index in [4.69, 9.17) is 4.74 Å². The van der Waals surface area contributed by atoms with Crippen molar-refractivity contribution in [3.63, 3.8) is 0 Å². The minimum absolute atomic E-state index is 0.0313. The number of aliphatic hydroxyl groups is 1. The highest BCUT2D eigenvalue weighted by Crippen LogP contribution is 2.44. The molecule has 0 bridgehead atoms. The van der Waals surface area contributed by atoms with Gasteiger partial charge in [-0.3, -0.25) is 14.5 Å². The number of ether oxygens (including phenoxy) is 1. The number of hydrogen-bond acceptors (Lipinski definition) is 4. The Morgan fingerprint density at radius 2 is 1.78 bits per heavy atom. The molecule has 184 valence electrons. The second kappa shape index (κ2) is 8.55. The predicted molar refractivity (Wildman–Crippen MR) is 128 cm³/mol. The van der Waals surface area contributed by atoms with Gasteiger partial charge < -0.3 is 9.84 Å². The Bertz CT molecular complexity index is 1430. The van der Waals surface area contributed by atoms with Crippen LogP contribution in [0.15, 0.2) is 72.3 Å². The molecule has 0 spiro atoms. The molecular weight excluding hydrogens is 471 g/mol. The van der Waals surface area contributed by atoms with Crippen LogP contribution in [0.1, 0.15) is 40.8 Å². The van der Waals surface area contributed by atoms with Crippen LogP contribution in [0, 0.1) is 6.92 Å². The third-order valence-electron chi connectivity index (χ3n) is 6.42. The van der Waals surface area contributed by atoms with Gasteiger partial charge in [-0.2, -0.15) is 13.2 Å². The Kier molecular flexibility index (Phi) is 5.62. The smallest absolute Gasteiger partial charge is 0.416 e. The number of carbonyl (C=O) groups excluding carboxylic acids is 2. The minimum Gasteiger partial charge on any atom is -0.507 e. The summed E-state index contributed by atoms with van der Waals surface area (Å²) in [5.41, 5.74) is 1.27. The Morgan fingerprint density at radius 1 is 1.03 bits per heavy atom. The Hall–Kier alpha value is -4.07. The Balaban J connectivity index is 1.70. The summed E-state index contributed by atoms with van der Waals surface area (Å²) >= 11 is 0. The fourth-order valence-corrected chi connectivity index (χ4v) is 4.81. The quantitative estimate of drug-likeness (QED) is 0.278.